The van der Waals surface area contributed by atoms with Crippen LogP contribution in [0.15, 0.2) is 18.2 Å². The van der Waals surface area contributed by atoms with Crippen LogP contribution < -0.4 is 16.4 Å². The molecule has 0 aliphatic rings. The smallest absolute Gasteiger partial charge is 0.343 e. The minimum absolute atomic E-state index is 0.212. The molecule has 0 spiro atoms. The predicted octanol–water partition coefficient (Wildman–Crippen LogP) is 0.572. The number of hydrogen-bond acceptors (Lipinski definition) is 3. The van der Waals surface area contributed by atoms with E-state index in [-0.39, 0.29) is 5.91 Å². The molecule has 0 fully saturated rings. The molecule has 0 bridgehead atoms. The van der Waals surface area contributed by atoms with Crippen LogP contribution in [0.5, 0.6) is 0 Å². The zero-order valence-corrected chi connectivity index (χ0v) is 10.0. The van der Waals surface area contributed by atoms with Crippen LogP contribution >= 0.6 is 11.6 Å². The first-order valence-electron chi connectivity index (χ1n) is 4.33. The minimum Gasteiger partial charge on any atom is -0.399 e. The number of nitrogens with two attached hydrogens (primary N) is 1. The third-order valence-corrected chi connectivity index (χ3v) is 1.80. The van der Waals surface area contributed by atoms with Crippen molar-refractivity contribution in [3.63, 3.8) is 0 Å². The molecular weight excluding hydrogens is 214 g/mol. The van der Waals surface area contributed by atoms with Gasteiger partial charge in [0.15, 0.2) is 0 Å². The summed E-state index contributed by atoms with van der Waals surface area (Å²) in [6.45, 7) is 0. The van der Waals surface area contributed by atoms with E-state index in [4.69, 9.17) is 5.73 Å². The summed E-state index contributed by atoms with van der Waals surface area (Å²) in [6, 6.07) is 5.22. The number of benzene rings is 1. The van der Waals surface area contributed by atoms with E-state index in [2.05, 4.69) is 17.3 Å². The van der Waals surface area contributed by atoms with E-state index in [1.54, 1.807) is 12.1 Å². The van der Waals surface area contributed by atoms with Crippen molar-refractivity contribution in [2.75, 3.05) is 31.1 Å². The Morgan fingerprint density at radius 1 is 1.40 bits per heavy atom. The number of anilines is 2. The fraction of sp³-hybridized carbons (Fsp3) is 0.300. The molecule has 1 aromatic carbocycles. The number of quaternary nitrogens is 1. The SMILES string of the molecule is CCl.CN(C)c1ccc(N)cc1C([NH3+])=O. The Kier molecular flexibility index (Phi) is 5.74. The highest BCUT2D eigenvalue weighted by Gasteiger charge is 2.12. The van der Waals surface area contributed by atoms with E-state index in [1.165, 1.54) is 6.38 Å². The van der Waals surface area contributed by atoms with E-state index in [9.17, 15) is 4.79 Å². The molecule has 0 aliphatic carbocycles. The monoisotopic (exact) mass is 230 g/mol. The number of alkyl halides is 1. The number of nitrogen functional groups attached to an aromatic ring is 1. The van der Waals surface area contributed by atoms with Gasteiger partial charge in [0.25, 0.3) is 0 Å². The molecule has 1 rings (SSSR count). The molecular formula is C10H17ClN3O+. The second-order valence-electron chi connectivity index (χ2n) is 3.09. The molecule has 0 heterocycles. The molecule has 1 amide bonds. The second kappa shape index (κ2) is 6.27. The maximum absolute atomic E-state index is 11.1. The molecule has 0 saturated carbocycles. The van der Waals surface area contributed by atoms with Gasteiger partial charge >= 0.3 is 5.91 Å². The summed E-state index contributed by atoms with van der Waals surface area (Å²) in [6.07, 6.45) is 1.47. The number of carbonyl (C=O) groups is 1. The van der Waals surface area contributed by atoms with Crippen molar-refractivity contribution in [1.82, 2.24) is 0 Å². The summed E-state index contributed by atoms with van der Waals surface area (Å²) in [7, 11) is 3.75. The van der Waals surface area contributed by atoms with Crippen LogP contribution in [0.1, 0.15) is 10.4 Å². The zero-order valence-electron chi connectivity index (χ0n) is 9.25. The van der Waals surface area contributed by atoms with Gasteiger partial charge in [0.05, 0.1) is 5.69 Å². The lowest BCUT2D eigenvalue weighted by atomic mass is 10.1. The van der Waals surface area contributed by atoms with Gasteiger partial charge in [-0.2, -0.15) is 0 Å². The van der Waals surface area contributed by atoms with Crippen LogP contribution in [0.4, 0.5) is 11.4 Å². The Hall–Kier alpha value is -1.26. The van der Waals surface area contributed by atoms with Crippen molar-refractivity contribution in [2.24, 2.45) is 0 Å². The molecule has 0 saturated heterocycles. The van der Waals surface area contributed by atoms with Gasteiger partial charge in [0, 0.05) is 26.2 Å². The highest BCUT2D eigenvalue weighted by atomic mass is 35.5. The van der Waals surface area contributed by atoms with Crippen molar-refractivity contribution in [3.8, 4) is 0 Å². The van der Waals surface area contributed by atoms with E-state index < -0.39 is 0 Å². The number of nitrogens with zero attached hydrogens (tertiary/aromatic N) is 1. The Balaban J connectivity index is 0.000000921. The highest BCUT2D eigenvalue weighted by molar-refractivity contribution is 6.15. The lowest BCUT2D eigenvalue weighted by Crippen LogP contribution is -2.57. The van der Waals surface area contributed by atoms with Crippen LogP contribution in [0.2, 0.25) is 0 Å². The molecule has 5 N–H and O–H groups in total. The van der Waals surface area contributed by atoms with Crippen LogP contribution in [-0.2, 0) is 0 Å². The quantitative estimate of drug-likeness (QED) is 0.576. The third kappa shape index (κ3) is 3.77. The van der Waals surface area contributed by atoms with Crippen LogP contribution in [0.25, 0.3) is 0 Å². The number of amides is 1. The maximum Gasteiger partial charge on any atom is 0.343 e. The lowest BCUT2D eigenvalue weighted by molar-refractivity contribution is -0.254. The van der Waals surface area contributed by atoms with Crippen LogP contribution in [0.3, 0.4) is 0 Å². The van der Waals surface area contributed by atoms with Crippen molar-refractivity contribution in [2.45, 2.75) is 0 Å². The molecule has 0 aromatic heterocycles. The molecule has 5 heteroatoms. The number of carbonyl (C=O) groups excluding carboxylic acids is 1. The van der Waals surface area contributed by atoms with Gasteiger partial charge < -0.3 is 10.6 Å². The van der Waals surface area contributed by atoms with Crippen molar-refractivity contribution >= 4 is 28.9 Å². The van der Waals surface area contributed by atoms with Crippen molar-refractivity contribution < 1.29 is 10.5 Å². The average Bonchev–Trinajstić information content (AvgIpc) is 2.20. The normalized spacial score (nSPS) is 8.87. The first kappa shape index (κ1) is 13.7. The zero-order chi connectivity index (χ0) is 12.0. The van der Waals surface area contributed by atoms with Gasteiger partial charge in [0.2, 0.25) is 0 Å². The Morgan fingerprint density at radius 3 is 2.33 bits per heavy atom. The van der Waals surface area contributed by atoms with Gasteiger partial charge in [0.1, 0.15) is 5.56 Å². The summed E-state index contributed by atoms with van der Waals surface area (Å²) in [5.74, 6) is -0.212. The van der Waals surface area contributed by atoms with Gasteiger partial charge in [-0.3, -0.25) is 5.73 Å². The van der Waals surface area contributed by atoms with Crippen LogP contribution in [-0.4, -0.2) is 26.4 Å². The number of halogens is 1. The largest absolute Gasteiger partial charge is 0.399 e. The highest BCUT2D eigenvalue weighted by Crippen LogP contribution is 2.20. The second-order valence-corrected chi connectivity index (χ2v) is 3.09. The number of rotatable bonds is 2. The van der Waals surface area contributed by atoms with E-state index >= 15 is 0 Å². The molecule has 15 heavy (non-hydrogen) atoms. The molecule has 0 aliphatic heterocycles. The van der Waals surface area contributed by atoms with Gasteiger partial charge in [-0.25, -0.2) is 4.79 Å². The fourth-order valence-electron chi connectivity index (χ4n) is 1.17. The Morgan fingerprint density at radius 2 is 1.93 bits per heavy atom. The average molecular weight is 231 g/mol. The lowest BCUT2D eigenvalue weighted by Gasteiger charge is -2.14. The fourth-order valence-corrected chi connectivity index (χ4v) is 1.17. The standard InChI is InChI=1S/C9H13N3O.CH3Cl/c1-12(2)8-4-3-6(10)5-7(8)9(11)13;1-2/h3-5H,10H2,1-2H3,(H2,11,13);1H3/p+1. The topological polar surface area (TPSA) is 74.0 Å². The Labute approximate surface area is 94.8 Å². The molecule has 84 valence electrons. The maximum atomic E-state index is 11.1. The van der Waals surface area contributed by atoms with Crippen molar-refractivity contribution in [3.05, 3.63) is 23.8 Å². The van der Waals surface area contributed by atoms with Gasteiger partial charge in [-0.15, -0.1) is 11.6 Å². The molecule has 1 aromatic rings. The van der Waals surface area contributed by atoms with Crippen molar-refractivity contribution in [1.29, 1.82) is 0 Å². The summed E-state index contributed by atoms with van der Waals surface area (Å²) in [5, 5.41) is 0. The summed E-state index contributed by atoms with van der Waals surface area (Å²) < 4.78 is 0. The minimum atomic E-state index is -0.212. The first-order chi connectivity index (χ1) is 7.02. The molecule has 0 atom stereocenters. The van der Waals surface area contributed by atoms with E-state index in [0.29, 0.717) is 11.3 Å². The first-order valence-corrected chi connectivity index (χ1v) is 5.09. The van der Waals surface area contributed by atoms with Gasteiger partial charge in [-0.1, -0.05) is 0 Å². The molecule has 0 unspecified atom stereocenters. The molecule has 4 nitrogen and oxygen atoms in total. The van der Waals surface area contributed by atoms with E-state index in [0.717, 1.165) is 5.69 Å². The molecule has 0 radical (unpaired) electrons. The third-order valence-electron chi connectivity index (χ3n) is 1.80. The summed E-state index contributed by atoms with van der Waals surface area (Å²) in [4.78, 5) is 13.0. The predicted molar refractivity (Wildman–Crippen MR) is 64.2 cm³/mol. The summed E-state index contributed by atoms with van der Waals surface area (Å²) in [5.41, 5.74) is 10.9. The summed E-state index contributed by atoms with van der Waals surface area (Å²) >= 11 is 4.64. The number of hydrogen-bond donors (Lipinski definition) is 2. The Bertz CT molecular complexity index is 339. The van der Waals surface area contributed by atoms with E-state index in [1.807, 2.05) is 25.1 Å². The van der Waals surface area contributed by atoms with Gasteiger partial charge in [-0.05, 0) is 18.2 Å². The van der Waals surface area contributed by atoms with Crippen LogP contribution in [0, 0.1) is 0 Å².